The van der Waals surface area contributed by atoms with Gasteiger partial charge in [-0.3, -0.25) is 9.78 Å². The van der Waals surface area contributed by atoms with E-state index in [0.717, 1.165) is 18.0 Å². The standard InChI is InChI=1S/C20H28N6O/c27-20(11-8-16-5-2-1-3-6-16)23-14-13-22-18-9-10-19(26-25-18)24-17-7-4-12-21-15-17/h4,7,9-10,12,15-16H,1-3,5-6,8,11,13-14H2,(H,22,25)(H,23,27)(H,24,26). The van der Waals surface area contributed by atoms with Gasteiger partial charge >= 0.3 is 0 Å². The Labute approximate surface area is 160 Å². The third-order valence-corrected chi connectivity index (χ3v) is 4.86. The van der Waals surface area contributed by atoms with Crippen molar-refractivity contribution in [2.24, 2.45) is 5.92 Å². The van der Waals surface area contributed by atoms with Crippen molar-refractivity contribution >= 4 is 23.2 Å². The highest BCUT2D eigenvalue weighted by molar-refractivity contribution is 5.75. The Hall–Kier alpha value is -2.70. The molecule has 1 aliphatic rings. The summed E-state index contributed by atoms with van der Waals surface area (Å²) in [5.74, 6) is 2.23. The molecule has 0 unspecified atom stereocenters. The molecule has 0 radical (unpaired) electrons. The van der Waals surface area contributed by atoms with Gasteiger partial charge in [-0.1, -0.05) is 32.1 Å². The summed E-state index contributed by atoms with van der Waals surface area (Å²) in [4.78, 5) is 16.0. The maximum Gasteiger partial charge on any atom is 0.220 e. The molecule has 7 heteroatoms. The molecule has 3 rings (SSSR count). The van der Waals surface area contributed by atoms with Crippen LogP contribution >= 0.6 is 0 Å². The Morgan fingerprint density at radius 3 is 2.59 bits per heavy atom. The van der Waals surface area contributed by atoms with Crippen LogP contribution in [0.4, 0.5) is 17.3 Å². The minimum atomic E-state index is 0.143. The average molecular weight is 368 g/mol. The van der Waals surface area contributed by atoms with E-state index in [1.165, 1.54) is 32.1 Å². The number of hydrogen-bond acceptors (Lipinski definition) is 6. The molecule has 3 N–H and O–H groups in total. The van der Waals surface area contributed by atoms with Gasteiger partial charge in [-0.25, -0.2) is 0 Å². The zero-order valence-corrected chi connectivity index (χ0v) is 15.7. The molecule has 0 aromatic carbocycles. The zero-order valence-electron chi connectivity index (χ0n) is 15.7. The summed E-state index contributed by atoms with van der Waals surface area (Å²) >= 11 is 0. The number of pyridine rings is 1. The molecule has 0 bridgehead atoms. The Balaban J connectivity index is 1.30. The summed E-state index contributed by atoms with van der Waals surface area (Å²) in [5, 5.41) is 17.5. The molecule has 1 fully saturated rings. The number of hydrogen-bond donors (Lipinski definition) is 3. The Morgan fingerprint density at radius 1 is 1.04 bits per heavy atom. The molecule has 2 heterocycles. The lowest BCUT2D eigenvalue weighted by Crippen LogP contribution is -2.29. The molecule has 0 spiro atoms. The third kappa shape index (κ3) is 6.84. The van der Waals surface area contributed by atoms with Gasteiger partial charge < -0.3 is 16.0 Å². The number of anilines is 3. The first-order valence-electron chi connectivity index (χ1n) is 9.81. The van der Waals surface area contributed by atoms with Crippen LogP contribution in [0.15, 0.2) is 36.7 Å². The fraction of sp³-hybridized carbons (Fsp3) is 0.500. The van der Waals surface area contributed by atoms with Gasteiger partial charge in [0.25, 0.3) is 0 Å². The molecule has 1 saturated carbocycles. The molecule has 2 aromatic rings. The first-order valence-corrected chi connectivity index (χ1v) is 9.81. The van der Waals surface area contributed by atoms with Gasteiger partial charge in [-0.05, 0) is 36.6 Å². The molecule has 2 aromatic heterocycles. The van der Waals surface area contributed by atoms with E-state index in [-0.39, 0.29) is 5.91 Å². The average Bonchev–Trinajstić information content (AvgIpc) is 2.72. The Kier molecular flexibility index (Phi) is 7.38. The molecule has 144 valence electrons. The first-order chi connectivity index (χ1) is 13.3. The van der Waals surface area contributed by atoms with E-state index in [9.17, 15) is 4.79 Å². The van der Waals surface area contributed by atoms with Crippen LogP contribution in [0.1, 0.15) is 44.9 Å². The van der Waals surface area contributed by atoms with E-state index in [4.69, 9.17) is 0 Å². The van der Waals surface area contributed by atoms with Crippen LogP contribution in [0.25, 0.3) is 0 Å². The molecule has 0 aliphatic heterocycles. The molecule has 27 heavy (non-hydrogen) atoms. The number of nitrogens with zero attached hydrogens (tertiary/aromatic N) is 3. The predicted molar refractivity (Wildman–Crippen MR) is 107 cm³/mol. The van der Waals surface area contributed by atoms with Gasteiger partial charge in [0.05, 0.1) is 11.9 Å². The van der Waals surface area contributed by atoms with Gasteiger partial charge in [-0.15, -0.1) is 10.2 Å². The minimum absolute atomic E-state index is 0.143. The molecule has 1 amide bonds. The highest BCUT2D eigenvalue weighted by Crippen LogP contribution is 2.27. The number of carbonyl (C=O) groups excluding carboxylic acids is 1. The van der Waals surface area contributed by atoms with E-state index in [1.807, 2.05) is 24.3 Å². The molecule has 0 atom stereocenters. The monoisotopic (exact) mass is 368 g/mol. The number of aromatic nitrogens is 3. The summed E-state index contributed by atoms with van der Waals surface area (Å²) in [5.41, 5.74) is 0.864. The SMILES string of the molecule is O=C(CCC1CCCCC1)NCCNc1ccc(Nc2cccnc2)nn1. The molecular weight excluding hydrogens is 340 g/mol. The van der Waals surface area contributed by atoms with Crippen LogP contribution in [0.5, 0.6) is 0 Å². The Bertz CT molecular complexity index is 685. The van der Waals surface area contributed by atoms with E-state index in [0.29, 0.717) is 31.1 Å². The first kappa shape index (κ1) is 19.1. The fourth-order valence-corrected chi connectivity index (χ4v) is 3.37. The van der Waals surface area contributed by atoms with Gasteiger partial charge in [0.1, 0.15) is 5.82 Å². The van der Waals surface area contributed by atoms with Crippen LogP contribution in [-0.2, 0) is 4.79 Å². The molecular formula is C20H28N6O. The highest BCUT2D eigenvalue weighted by atomic mass is 16.1. The summed E-state index contributed by atoms with van der Waals surface area (Å²) in [6, 6.07) is 7.48. The lowest BCUT2D eigenvalue weighted by atomic mass is 9.86. The Morgan fingerprint density at radius 2 is 1.85 bits per heavy atom. The number of nitrogens with one attached hydrogen (secondary N) is 3. The smallest absolute Gasteiger partial charge is 0.220 e. The number of rotatable bonds is 9. The minimum Gasteiger partial charge on any atom is -0.367 e. The summed E-state index contributed by atoms with van der Waals surface area (Å²) in [6.45, 7) is 1.21. The van der Waals surface area contributed by atoms with Gasteiger partial charge in [0.15, 0.2) is 5.82 Å². The van der Waals surface area contributed by atoms with Crippen LogP contribution in [-0.4, -0.2) is 34.2 Å². The maximum absolute atomic E-state index is 11.9. The quantitative estimate of drug-likeness (QED) is 0.587. The molecule has 7 nitrogen and oxygen atoms in total. The van der Waals surface area contributed by atoms with Gasteiger partial charge in [0, 0.05) is 25.7 Å². The van der Waals surface area contributed by atoms with Crippen molar-refractivity contribution in [3.63, 3.8) is 0 Å². The van der Waals surface area contributed by atoms with Gasteiger partial charge in [0.2, 0.25) is 5.91 Å². The normalized spacial score (nSPS) is 14.5. The second kappa shape index (κ2) is 10.4. The topological polar surface area (TPSA) is 91.8 Å². The third-order valence-electron chi connectivity index (χ3n) is 4.86. The summed E-state index contributed by atoms with van der Waals surface area (Å²) in [7, 11) is 0. The second-order valence-corrected chi connectivity index (χ2v) is 6.99. The van der Waals surface area contributed by atoms with E-state index < -0.39 is 0 Å². The number of amides is 1. The summed E-state index contributed by atoms with van der Waals surface area (Å²) < 4.78 is 0. The second-order valence-electron chi connectivity index (χ2n) is 6.99. The van der Waals surface area contributed by atoms with Crippen molar-refractivity contribution in [1.82, 2.24) is 20.5 Å². The van der Waals surface area contributed by atoms with Crippen molar-refractivity contribution in [2.45, 2.75) is 44.9 Å². The lowest BCUT2D eigenvalue weighted by Gasteiger charge is -2.20. The van der Waals surface area contributed by atoms with Crippen LogP contribution in [0.2, 0.25) is 0 Å². The van der Waals surface area contributed by atoms with Crippen LogP contribution in [0, 0.1) is 5.92 Å². The van der Waals surface area contributed by atoms with Crippen molar-refractivity contribution in [2.75, 3.05) is 23.7 Å². The lowest BCUT2D eigenvalue weighted by molar-refractivity contribution is -0.121. The van der Waals surface area contributed by atoms with E-state index in [2.05, 4.69) is 31.1 Å². The van der Waals surface area contributed by atoms with Crippen molar-refractivity contribution in [3.8, 4) is 0 Å². The fourth-order valence-electron chi connectivity index (χ4n) is 3.37. The predicted octanol–water partition coefficient (Wildman–Crippen LogP) is 3.50. The molecule has 1 aliphatic carbocycles. The van der Waals surface area contributed by atoms with Crippen molar-refractivity contribution in [3.05, 3.63) is 36.7 Å². The number of carbonyl (C=O) groups is 1. The van der Waals surface area contributed by atoms with Crippen LogP contribution < -0.4 is 16.0 Å². The maximum atomic E-state index is 11.9. The van der Waals surface area contributed by atoms with E-state index >= 15 is 0 Å². The van der Waals surface area contributed by atoms with Crippen molar-refractivity contribution < 1.29 is 4.79 Å². The van der Waals surface area contributed by atoms with Crippen LogP contribution in [0.3, 0.4) is 0 Å². The highest BCUT2D eigenvalue weighted by Gasteiger charge is 2.14. The molecule has 0 saturated heterocycles. The van der Waals surface area contributed by atoms with Crippen molar-refractivity contribution in [1.29, 1.82) is 0 Å². The zero-order chi connectivity index (χ0) is 18.7. The largest absolute Gasteiger partial charge is 0.367 e. The van der Waals surface area contributed by atoms with E-state index in [1.54, 1.807) is 12.4 Å². The summed E-state index contributed by atoms with van der Waals surface area (Å²) in [6.07, 6.45) is 11.7. The van der Waals surface area contributed by atoms with Gasteiger partial charge in [-0.2, -0.15) is 0 Å².